The highest BCUT2D eigenvalue weighted by molar-refractivity contribution is 8.24. The number of ether oxygens (including phenoxy) is 1. The van der Waals surface area contributed by atoms with Crippen LogP contribution in [0.2, 0.25) is 0 Å². The lowest BCUT2D eigenvalue weighted by Gasteiger charge is -2.41. The third-order valence-corrected chi connectivity index (χ3v) is 9.20. The summed E-state index contributed by atoms with van der Waals surface area (Å²) in [6.45, 7) is 6.82. The summed E-state index contributed by atoms with van der Waals surface area (Å²) in [5.41, 5.74) is 1.34. The zero-order valence-corrected chi connectivity index (χ0v) is 25.1. The largest absolute Gasteiger partial charge is 0.444 e. The van der Waals surface area contributed by atoms with Crippen molar-refractivity contribution >= 4 is 45.5 Å². The predicted molar refractivity (Wildman–Crippen MR) is 163 cm³/mol. The first-order chi connectivity index (χ1) is 19.9. The van der Waals surface area contributed by atoms with Gasteiger partial charge in [0.1, 0.15) is 5.60 Å². The fourth-order valence-electron chi connectivity index (χ4n) is 5.45. The molecule has 0 bridgehead atoms. The van der Waals surface area contributed by atoms with Crippen LogP contribution in [0.15, 0.2) is 48.5 Å². The smallest absolute Gasteiger partial charge is 0.410 e. The predicted octanol–water partition coefficient (Wildman–Crippen LogP) is 5.46. The number of likely N-dealkylation sites (tertiary alicyclic amines) is 1. The molecule has 2 saturated heterocycles. The number of nitrogens with zero attached hydrogens (tertiary/aromatic N) is 4. The standard InChI is InChI=1S/C30H39N5O6S/c1-30(2,3)41-29(38)34-15-8-7-12-22(20-34)35-25-23(27(37)33-16-18-42(39,40)19-17-33)13-9-14-24(25)31-28(35)32-26(36)21-10-5-4-6-11-21/h4-6,9-11,13-14,22,39-40H,7-8,12,15-20H2,1-3H3,(H,31,32,36). The number of rotatable bonds is 4. The maximum Gasteiger partial charge on any atom is 0.410 e. The molecule has 3 heterocycles. The van der Waals surface area contributed by atoms with Crippen LogP contribution in [-0.2, 0) is 4.74 Å². The summed E-state index contributed by atoms with van der Waals surface area (Å²) in [7, 11) is -2.67. The molecule has 2 aliphatic heterocycles. The zero-order chi connectivity index (χ0) is 30.1. The van der Waals surface area contributed by atoms with E-state index in [1.807, 2.05) is 31.4 Å². The minimum atomic E-state index is -2.67. The van der Waals surface area contributed by atoms with Crippen LogP contribution in [0.4, 0.5) is 10.7 Å². The lowest BCUT2D eigenvalue weighted by molar-refractivity contribution is 0.0237. The number of carbonyl (C=O) groups excluding carboxylic acids is 3. The molecule has 1 atom stereocenters. The Morgan fingerprint density at radius 1 is 0.952 bits per heavy atom. The third-order valence-electron chi connectivity index (χ3n) is 7.53. The van der Waals surface area contributed by atoms with Crippen molar-refractivity contribution in [2.75, 3.05) is 43.0 Å². The first-order valence-corrected chi connectivity index (χ1v) is 16.2. The molecule has 0 aliphatic carbocycles. The van der Waals surface area contributed by atoms with E-state index in [0.29, 0.717) is 47.6 Å². The second-order valence-corrected chi connectivity index (χ2v) is 14.3. The summed E-state index contributed by atoms with van der Waals surface area (Å²) in [6.07, 6.45) is 1.92. The molecule has 12 heteroatoms. The summed E-state index contributed by atoms with van der Waals surface area (Å²) < 4.78 is 27.7. The van der Waals surface area contributed by atoms with Gasteiger partial charge in [0.2, 0.25) is 5.95 Å². The Morgan fingerprint density at radius 2 is 1.67 bits per heavy atom. The maximum atomic E-state index is 13.9. The van der Waals surface area contributed by atoms with Crippen LogP contribution in [0.1, 0.15) is 66.8 Å². The minimum Gasteiger partial charge on any atom is -0.444 e. The maximum absolute atomic E-state index is 13.9. The van der Waals surface area contributed by atoms with Crippen molar-refractivity contribution in [2.45, 2.75) is 51.7 Å². The molecule has 1 unspecified atom stereocenters. The Bertz CT molecular complexity index is 1460. The van der Waals surface area contributed by atoms with Gasteiger partial charge in [0.05, 0.1) is 34.1 Å². The average Bonchev–Trinajstić information content (AvgIpc) is 3.12. The van der Waals surface area contributed by atoms with Crippen molar-refractivity contribution in [1.82, 2.24) is 19.4 Å². The van der Waals surface area contributed by atoms with Gasteiger partial charge in [-0.3, -0.25) is 24.0 Å². The van der Waals surface area contributed by atoms with E-state index in [-0.39, 0.29) is 42.5 Å². The SMILES string of the molecule is CC(C)(C)OC(=O)N1CCCCC(n2c(NC(=O)c3ccccc3)nc3cccc(C(=O)N4CCS(O)(O)CC4)c32)C1. The first-order valence-electron chi connectivity index (χ1n) is 14.3. The Labute approximate surface area is 247 Å². The van der Waals surface area contributed by atoms with Gasteiger partial charge >= 0.3 is 6.09 Å². The number of amides is 3. The highest BCUT2D eigenvalue weighted by Gasteiger charge is 2.33. The van der Waals surface area contributed by atoms with E-state index in [1.165, 1.54) is 0 Å². The average molecular weight is 598 g/mol. The van der Waals surface area contributed by atoms with Crippen LogP contribution < -0.4 is 5.32 Å². The molecule has 2 fully saturated rings. The number of carbonyl (C=O) groups is 3. The number of hydrogen-bond acceptors (Lipinski definition) is 7. The molecule has 1 aromatic heterocycles. The van der Waals surface area contributed by atoms with Crippen molar-refractivity contribution < 1.29 is 28.2 Å². The number of nitrogens with one attached hydrogen (secondary N) is 1. The molecule has 2 aliphatic rings. The molecule has 3 N–H and O–H groups in total. The van der Waals surface area contributed by atoms with E-state index >= 15 is 0 Å². The lowest BCUT2D eigenvalue weighted by atomic mass is 10.1. The summed E-state index contributed by atoms with van der Waals surface area (Å²) in [6, 6.07) is 13.8. The van der Waals surface area contributed by atoms with Crippen LogP contribution >= 0.6 is 10.6 Å². The summed E-state index contributed by atoms with van der Waals surface area (Å²) >= 11 is 0. The summed E-state index contributed by atoms with van der Waals surface area (Å²) in [4.78, 5) is 48.4. The van der Waals surface area contributed by atoms with Crippen LogP contribution in [-0.4, -0.2) is 89.6 Å². The van der Waals surface area contributed by atoms with Crippen LogP contribution in [0.5, 0.6) is 0 Å². The normalized spacial score (nSPS) is 20.1. The van der Waals surface area contributed by atoms with E-state index in [0.717, 1.165) is 12.8 Å². The van der Waals surface area contributed by atoms with Crippen LogP contribution in [0, 0.1) is 0 Å². The lowest BCUT2D eigenvalue weighted by Crippen LogP contribution is -2.42. The Morgan fingerprint density at radius 3 is 2.36 bits per heavy atom. The molecule has 0 saturated carbocycles. The molecular formula is C30H39N5O6S. The fraction of sp³-hybridized carbons (Fsp3) is 0.467. The zero-order valence-electron chi connectivity index (χ0n) is 24.3. The topological polar surface area (TPSA) is 137 Å². The number of aromatic nitrogens is 2. The Kier molecular flexibility index (Phi) is 8.49. The second-order valence-electron chi connectivity index (χ2n) is 11.9. The van der Waals surface area contributed by atoms with E-state index in [2.05, 4.69) is 5.32 Å². The number of imidazole rings is 1. The van der Waals surface area contributed by atoms with Crippen LogP contribution in [0.3, 0.4) is 0 Å². The van der Waals surface area contributed by atoms with Crippen molar-refractivity contribution in [3.8, 4) is 0 Å². The van der Waals surface area contributed by atoms with Gasteiger partial charge in [0.25, 0.3) is 11.8 Å². The molecule has 11 nitrogen and oxygen atoms in total. The minimum absolute atomic E-state index is 0.139. The second kappa shape index (κ2) is 11.9. The van der Waals surface area contributed by atoms with Gasteiger partial charge in [-0.2, -0.15) is 10.6 Å². The first kappa shape index (κ1) is 29.9. The van der Waals surface area contributed by atoms with Gasteiger partial charge in [0.15, 0.2) is 0 Å². The van der Waals surface area contributed by atoms with E-state index in [4.69, 9.17) is 9.72 Å². The van der Waals surface area contributed by atoms with Gasteiger partial charge < -0.3 is 19.1 Å². The number of hydrogen-bond donors (Lipinski definition) is 3. The van der Waals surface area contributed by atoms with Gasteiger partial charge in [0, 0.05) is 31.7 Å². The van der Waals surface area contributed by atoms with Gasteiger partial charge in [-0.15, -0.1) is 0 Å². The van der Waals surface area contributed by atoms with Gasteiger partial charge in [-0.25, -0.2) is 9.78 Å². The van der Waals surface area contributed by atoms with Crippen molar-refractivity contribution in [2.24, 2.45) is 0 Å². The highest BCUT2D eigenvalue weighted by atomic mass is 32.3. The summed E-state index contributed by atoms with van der Waals surface area (Å²) in [5.74, 6) is -0.00305. The number of para-hydroxylation sites is 1. The number of fused-ring (bicyclic) bond motifs is 1. The molecule has 5 rings (SSSR count). The van der Waals surface area contributed by atoms with Gasteiger partial charge in [-0.05, 0) is 64.3 Å². The van der Waals surface area contributed by atoms with Crippen LogP contribution in [0.25, 0.3) is 11.0 Å². The van der Waals surface area contributed by atoms with Crippen molar-refractivity contribution in [3.05, 3.63) is 59.7 Å². The molecule has 0 spiro atoms. The van der Waals surface area contributed by atoms with E-state index < -0.39 is 22.3 Å². The Hall–Kier alpha value is -3.61. The highest BCUT2D eigenvalue weighted by Crippen LogP contribution is 2.41. The van der Waals surface area contributed by atoms with E-state index in [9.17, 15) is 23.5 Å². The molecular weight excluding hydrogens is 558 g/mol. The van der Waals surface area contributed by atoms with Gasteiger partial charge in [-0.1, -0.05) is 24.3 Å². The molecule has 42 heavy (non-hydrogen) atoms. The molecule has 2 aromatic carbocycles. The summed E-state index contributed by atoms with van der Waals surface area (Å²) in [5, 5.41) is 2.96. The monoisotopic (exact) mass is 597 g/mol. The third kappa shape index (κ3) is 6.71. The molecule has 3 amide bonds. The Balaban J connectivity index is 1.57. The molecule has 226 valence electrons. The number of anilines is 1. The fourth-order valence-corrected chi connectivity index (χ4v) is 6.68. The van der Waals surface area contributed by atoms with Crippen molar-refractivity contribution in [1.29, 1.82) is 0 Å². The molecule has 3 aromatic rings. The quantitative estimate of drug-likeness (QED) is 0.363. The molecule has 0 radical (unpaired) electrons. The van der Waals surface area contributed by atoms with E-state index in [1.54, 1.807) is 52.3 Å². The van der Waals surface area contributed by atoms with Crippen molar-refractivity contribution in [3.63, 3.8) is 0 Å². The number of benzene rings is 2.